The first-order valence-electron chi connectivity index (χ1n) is 7.51. The Kier molecular flexibility index (Phi) is 5.47. The molecule has 126 valence electrons. The van der Waals surface area contributed by atoms with Gasteiger partial charge in [-0.3, -0.25) is 9.59 Å². The molecular weight excluding hydrogens is 346 g/mol. The van der Waals surface area contributed by atoms with Crippen molar-refractivity contribution >= 4 is 35.1 Å². The van der Waals surface area contributed by atoms with E-state index in [1.807, 2.05) is 25.1 Å². The zero-order valence-electron chi connectivity index (χ0n) is 13.1. The van der Waals surface area contributed by atoms with Crippen molar-refractivity contribution in [3.63, 3.8) is 0 Å². The van der Waals surface area contributed by atoms with Gasteiger partial charge in [0, 0.05) is 17.1 Å². The Morgan fingerprint density at radius 3 is 3.08 bits per heavy atom. The maximum Gasteiger partial charge on any atom is 0.255 e. The van der Waals surface area contributed by atoms with E-state index in [0.29, 0.717) is 29.0 Å². The van der Waals surface area contributed by atoms with Gasteiger partial charge in [-0.25, -0.2) is 4.98 Å². The third-order valence-corrected chi connectivity index (χ3v) is 5.21. The molecule has 0 radical (unpaired) electrons. The molecule has 2 aromatic rings. The molecule has 0 unspecified atom stereocenters. The number of fused-ring (bicyclic) bond motifs is 1. The molecule has 8 heteroatoms. The number of rotatable bonds is 6. The molecule has 0 bridgehead atoms. The highest BCUT2D eigenvalue weighted by molar-refractivity contribution is 7.99. The van der Waals surface area contributed by atoms with Crippen LogP contribution in [0.5, 0.6) is 5.75 Å². The minimum atomic E-state index is -0.176. The number of nitrogens with zero attached hydrogens (tertiary/aromatic N) is 1. The number of benzene rings is 1. The lowest BCUT2D eigenvalue weighted by molar-refractivity contribution is -0.113. The molecule has 0 fully saturated rings. The molecule has 3 rings (SSSR count). The molecule has 1 aliphatic heterocycles. The van der Waals surface area contributed by atoms with E-state index in [1.54, 1.807) is 17.8 Å². The van der Waals surface area contributed by atoms with E-state index in [4.69, 9.17) is 4.74 Å². The summed E-state index contributed by atoms with van der Waals surface area (Å²) >= 11 is 2.89. The van der Waals surface area contributed by atoms with Crippen molar-refractivity contribution in [2.45, 2.75) is 23.6 Å². The van der Waals surface area contributed by atoms with Crippen molar-refractivity contribution in [1.29, 1.82) is 0 Å². The summed E-state index contributed by atoms with van der Waals surface area (Å²) in [7, 11) is 0. The summed E-state index contributed by atoms with van der Waals surface area (Å²) in [6, 6.07) is 7.29. The Hall–Kier alpha value is -1.93. The van der Waals surface area contributed by atoms with E-state index in [0.717, 1.165) is 17.0 Å². The fraction of sp³-hybridized carbons (Fsp3) is 0.312. The molecule has 0 aliphatic carbocycles. The first-order valence-corrected chi connectivity index (χ1v) is 9.65. The highest BCUT2D eigenvalue weighted by Crippen LogP contribution is 2.27. The number of amides is 1. The van der Waals surface area contributed by atoms with Gasteiger partial charge in [-0.15, -0.1) is 0 Å². The maximum atomic E-state index is 12.1. The van der Waals surface area contributed by atoms with Crippen molar-refractivity contribution in [3.8, 4) is 5.75 Å². The lowest BCUT2D eigenvalue weighted by Crippen LogP contribution is -2.18. The van der Waals surface area contributed by atoms with E-state index in [1.165, 1.54) is 11.8 Å². The van der Waals surface area contributed by atoms with Gasteiger partial charge in [-0.2, -0.15) is 11.8 Å². The van der Waals surface area contributed by atoms with Crippen molar-refractivity contribution in [2.75, 3.05) is 17.7 Å². The van der Waals surface area contributed by atoms with E-state index < -0.39 is 0 Å². The van der Waals surface area contributed by atoms with Crippen LogP contribution >= 0.6 is 23.5 Å². The third kappa shape index (κ3) is 3.93. The van der Waals surface area contributed by atoms with Crippen LogP contribution in [0, 0.1) is 0 Å². The van der Waals surface area contributed by atoms with Crippen molar-refractivity contribution in [2.24, 2.45) is 0 Å². The van der Waals surface area contributed by atoms with E-state index in [-0.39, 0.29) is 17.2 Å². The van der Waals surface area contributed by atoms with Gasteiger partial charge in [0.2, 0.25) is 5.91 Å². The van der Waals surface area contributed by atoms with E-state index >= 15 is 0 Å². The predicted molar refractivity (Wildman–Crippen MR) is 96.8 cm³/mol. The number of nitrogens with one attached hydrogen (secondary N) is 2. The highest BCUT2D eigenvalue weighted by Gasteiger charge is 2.18. The Labute approximate surface area is 147 Å². The number of hydrogen-bond donors (Lipinski definition) is 2. The van der Waals surface area contributed by atoms with Crippen LogP contribution in [0.3, 0.4) is 0 Å². The number of H-pyrrole nitrogens is 1. The summed E-state index contributed by atoms with van der Waals surface area (Å²) in [4.78, 5) is 31.3. The number of ether oxygens (including phenoxy) is 1. The number of thioether (sulfide) groups is 2. The number of aromatic amines is 1. The zero-order chi connectivity index (χ0) is 16.9. The zero-order valence-corrected chi connectivity index (χ0v) is 14.8. The molecule has 1 aliphatic rings. The van der Waals surface area contributed by atoms with Crippen LogP contribution in [0.4, 0.5) is 5.69 Å². The molecule has 0 saturated heterocycles. The third-order valence-electron chi connectivity index (χ3n) is 3.37. The quantitative estimate of drug-likeness (QED) is 0.606. The van der Waals surface area contributed by atoms with Gasteiger partial charge in [-0.1, -0.05) is 23.9 Å². The molecule has 2 heterocycles. The molecule has 0 saturated carbocycles. The Morgan fingerprint density at radius 2 is 2.25 bits per heavy atom. The smallest absolute Gasteiger partial charge is 0.255 e. The van der Waals surface area contributed by atoms with Crippen molar-refractivity contribution < 1.29 is 9.53 Å². The second-order valence-electron chi connectivity index (χ2n) is 5.06. The average Bonchev–Trinajstić information content (AvgIpc) is 3.04. The Morgan fingerprint density at radius 1 is 1.42 bits per heavy atom. The van der Waals surface area contributed by atoms with Crippen molar-refractivity contribution in [1.82, 2.24) is 9.97 Å². The van der Waals surface area contributed by atoms with Crippen LogP contribution in [-0.4, -0.2) is 28.2 Å². The molecular formula is C16H17N3O3S2. The lowest BCUT2D eigenvalue weighted by Gasteiger charge is -2.11. The van der Waals surface area contributed by atoms with Gasteiger partial charge in [0.15, 0.2) is 5.16 Å². The standard InChI is InChI=1S/C16H17N3O3S2/c1-2-22-13-6-4-3-5-11(13)17-14(20)9-24-16-18-12-8-23-7-10(12)15(21)19-16/h3-6H,2,7-9H2,1H3,(H,17,20)(H,18,19,21). The maximum absolute atomic E-state index is 12.1. The number of aromatic nitrogens is 2. The highest BCUT2D eigenvalue weighted by atomic mass is 32.2. The SMILES string of the molecule is CCOc1ccccc1NC(=O)CSc1nc2c(c(=O)[nH]1)CSC2. The van der Waals surface area contributed by atoms with Gasteiger partial charge in [0.1, 0.15) is 5.75 Å². The summed E-state index contributed by atoms with van der Waals surface area (Å²) in [6.45, 7) is 2.42. The largest absolute Gasteiger partial charge is 0.492 e. The normalized spacial score (nSPS) is 12.7. The van der Waals surface area contributed by atoms with E-state index in [9.17, 15) is 9.59 Å². The molecule has 0 spiro atoms. The predicted octanol–water partition coefficient (Wildman–Crippen LogP) is 2.65. The Bertz CT molecular complexity index is 807. The molecule has 0 atom stereocenters. The summed E-state index contributed by atoms with van der Waals surface area (Å²) in [5, 5.41) is 3.30. The number of anilines is 1. The number of carbonyl (C=O) groups is 1. The lowest BCUT2D eigenvalue weighted by atomic mass is 10.3. The van der Waals surface area contributed by atoms with Crippen LogP contribution in [-0.2, 0) is 16.3 Å². The van der Waals surface area contributed by atoms with Gasteiger partial charge in [-0.05, 0) is 19.1 Å². The van der Waals surface area contributed by atoms with Gasteiger partial charge in [0.05, 0.1) is 23.7 Å². The van der Waals surface area contributed by atoms with Gasteiger partial charge < -0.3 is 15.0 Å². The molecule has 24 heavy (non-hydrogen) atoms. The molecule has 1 amide bonds. The summed E-state index contributed by atoms with van der Waals surface area (Å²) < 4.78 is 5.48. The minimum Gasteiger partial charge on any atom is -0.492 e. The van der Waals surface area contributed by atoms with Crippen LogP contribution < -0.4 is 15.6 Å². The summed E-state index contributed by atoms with van der Waals surface area (Å²) in [6.07, 6.45) is 0. The van der Waals surface area contributed by atoms with Crippen LogP contribution in [0.25, 0.3) is 0 Å². The average molecular weight is 363 g/mol. The van der Waals surface area contributed by atoms with Crippen LogP contribution in [0.1, 0.15) is 18.2 Å². The van der Waals surface area contributed by atoms with Gasteiger partial charge in [0.25, 0.3) is 5.56 Å². The molecule has 6 nitrogen and oxygen atoms in total. The van der Waals surface area contributed by atoms with Crippen LogP contribution in [0.15, 0.2) is 34.2 Å². The fourth-order valence-corrected chi connectivity index (χ4v) is 4.00. The fourth-order valence-electron chi connectivity index (χ4n) is 2.28. The van der Waals surface area contributed by atoms with Gasteiger partial charge >= 0.3 is 0 Å². The topological polar surface area (TPSA) is 84.1 Å². The molecule has 1 aromatic carbocycles. The van der Waals surface area contributed by atoms with Crippen molar-refractivity contribution in [3.05, 3.63) is 45.9 Å². The first kappa shape index (κ1) is 16.9. The van der Waals surface area contributed by atoms with E-state index in [2.05, 4.69) is 15.3 Å². The van der Waals surface area contributed by atoms with Crippen LogP contribution in [0.2, 0.25) is 0 Å². The number of hydrogen-bond acceptors (Lipinski definition) is 6. The first-order chi connectivity index (χ1) is 11.7. The Balaban J connectivity index is 1.62. The minimum absolute atomic E-state index is 0.102. The molecule has 1 aromatic heterocycles. The summed E-state index contributed by atoms with van der Waals surface area (Å²) in [5.41, 5.74) is 2.11. The second-order valence-corrected chi connectivity index (χ2v) is 7.00. The second kappa shape index (κ2) is 7.76. The monoisotopic (exact) mass is 363 g/mol. The summed E-state index contributed by atoms with van der Waals surface area (Å²) in [5.74, 6) is 2.08. The number of carbonyl (C=O) groups excluding carboxylic acids is 1. The molecule has 2 N–H and O–H groups in total. The number of para-hydroxylation sites is 2.